The SMILES string of the molecule is CCC(C)NCC(=O)Nc1ccc(Cl)c(C(=O)N(C)C)c1. The molecule has 0 aliphatic carbocycles. The molecule has 0 saturated carbocycles. The van der Waals surface area contributed by atoms with Gasteiger partial charge in [0.15, 0.2) is 0 Å². The number of carbonyl (C=O) groups excluding carboxylic acids is 2. The number of rotatable bonds is 6. The quantitative estimate of drug-likeness (QED) is 0.848. The number of benzene rings is 1. The molecule has 0 spiro atoms. The minimum absolute atomic E-state index is 0.152. The lowest BCUT2D eigenvalue weighted by molar-refractivity contribution is -0.115. The van der Waals surface area contributed by atoms with E-state index in [4.69, 9.17) is 11.6 Å². The van der Waals surface area contributed by atoms with E-state index in [9.17, 15) is 9.59 Å². The number of nitrogens with one attached hydrogen (secondary N) is 2. The summed E-state index contributed by atoms with van der Waals surface area (Å²) >= 11 is 6.02. The first-order valence-corrected chi connectivity index (χ1v) is 7.27. The van der Waals surface area contributed by atoms with E-state index in [0.29, 0.717) is 16.3 Å². The molecule has 0 bridgehead atoms. The van der Waals surface area contributed by atoms with Crippen LogP contribution in [0, 0.1) is 0 Å². The van der Waals surface area contributed by atoms with Crippen LogP contribution in [0.4, 0.5) is 5.69 Å². The molecule has 0 aromatic heterocycles. The molecule has 2 amide bonds. The zero-order valence-corrected chi connectivity index (χ0v) is 13.6. The van der Waals surface area contributed by atoms with Crippen LogP contribution in [0.15, 0.2) is 18.2 Å². The first-order chi connectivity index (χ1) is 9.85. The van der Waals surface area contributed by atoms with Crippen LogP contribution in [0.5, 0.6) is 0 Å². The molecule has 0 fully saturated rings. The first-order valence-electron chi connectivity index (χ1n) is 6.89. The van der Waals surface area contributed by atoms with Gasteiger partial charge in [-0.15, -0.1) is 0 Å². The topological polar surface area (TPSA) is 61.4 Å². The summed E-state index contributed by atoms with van der Waals surface area (Å²) in [5.41, 5.74) is 0.926. The largest absolute Gasteiger partial charge is 0.345 e. The van der Waals surface area contributed by atoms with Crippen LogP contribution in [0.25, 0.3) is 0 Å². The van der Waals surface area contributed by atoms with Gasteiger partial charge in [-0.25, -0.2) is 0 Å². The lowest BCUT2D eigenvalue weighted by atomic mass is 10.1. The Morgan fingerprint density at radius 3 is 2.57 bits per heavy atom. The third kappa shape index (κ3) is 5.36. The summed E-state index contributed by atoms with van der Waals surface area (Å²) in [5.74, 6) is -0.352. The maximum Gasteiger partial charge on any atom is 0.254 e. The van der Waals surface area contributed by atoms with Gasteiger partial charge in [-0.3, -0.25) is 9.59 Å². The average molecular weight is 312 g/mol. The Balaban J connectivity index is 2.74. The lowest BCUT2D eigenvalue weighted by Crippen LogP contribution is -2.34. The van der Waals surface area contributed by atoms with Crippen LogP contribution in [0.2, 0.25) is 5.02 Å². The Morgan fingerprint density at radius 1 is 1.33 bits per heavy atom. The van der Waals surface area contributed by atoms with E-state index < -0.39 is 0 Å². The Kier molecular flexibility index (Phi) is 6.65. The highest BCUT2D eigenvalue weighted by molar-refractivity contribution is 6.34. The van der Waals surface area contributed by atoms with Crippen molar-refractivity contribution in [3.63, 3.8) is 0 Å². The summed E-state index contributed by atoms with van der Waals surface area (Å²) in [4.78, 5) is 25.2. The van der Waals surface area contributed by atoms with E-state index in [1.54, 1.807) is 32.3 Å². The Labute approximate surface area is 130 Å². The lowest BCUT2D eigenvalue weighted by Gasteiger charge is -2.14. The standard InChI is InChI=1S/C15H22ClN3O2/c1-5-10(2)17-9-14(20)18-11-6-7-13(16)12(8-11)15(21)19(3)4/h6-8,10,17H,5,9H2,1-4H3,(H,18,20). The molecule has 5 nitrogen and oxygen atoms in total. The van der Waals surface area contributed by atoms with E-state index in [2.05, 4.69) is 10.6 Å². The molecule has 6 heteroatoms. The summed E-state index contributed by atoms with van der Waals surface area (Å²) in [6.45, 7) is 4.30. The predicted octanol–water partition coefficient (Wildman–Crippen LogP) is 2.37. The molecule has 0 aliphatic rings. The maximum absolute atomic E-state index is 12.0. The highest BCUT2D eigenvalue weighted by atomic mass is 35.5. The molecule has 1 atom stereocenters. The summed E-state index contributed by atoms with van der Waals surface area (Å²) < 4.78 is 0. The van der Waals surface area contributed by atoms with Crippen LogP contribution in [-0.4, -0.2) is 43.4 Å². The summed E-state index contributed by atoms with van der Waals surface area (Å²) in [7, 11) is 3.31. The molecule has 1 unspecified atom stereocenters. The van der Waals surface area contributed by atoms with Crippen LogP contribution in [0.1, 0.15) is 30.6 Å². The third-order valence-corrected chi connectivity index (χ3v) is 3.44. The second-order valence-electron chi connectivity index (χ2n) is 5.13. The van der Waals surface area contributed by atoms with Gasteiger partial charge in [-0.2, -0.15) is 0 Å². The van der Waals surface area contributed by atoms with Gasteiger partial charge in [0.2, 0.25) is 5.91 Å². The Morgan fingerprint density at radius 2 is 2.00 bits per heavy atom. The van der Waals surface area contributed by atoms with Crippen molar-refractivity contribution in [3.05, 3.63) is 28.8 Å². The van der Waals surface area contributed by atoms with Crippen molar-refractivity contribution in [1.82, 2.24) is 10.2 Å². The van der Waals surface area contributed by atoms with E-state index in [0.717, 1.165) is 6.42 Å². The van der Waals surface area contributed by atoms with Gasteiger partial charge in [0.1, 0.15) is 0 Å². The monoisotopic (exact) mass is 311 g/mol. The van der Waals surface area contributed by atoms with Crippen LogP contribution >= 0.6 is 11.6 Å². The molecule has 0 heterocycles. The van der Waals surface area contributed by atoms with Crippen molar-refractivity contribution < 1.29 is 9.59 Å². The summed E-state index contributed by atoms with van der Waals surface area (Å²) in [5, 5.41) is 6.22. The fourth-order valence-corrected chi connectivity index (χ4v) is 1.82. The molecular formula is C15H22ClN3O2. The van der Waals surface area contributed by atoms with Gasteiger partial charge in [-0.05, 0) is 31.5 Å². The summed E-state index contributed by atoms with van der Waals surface area (Å²) in [6.07, 6.45) is 0.954. The fourth-order valence-electron chi connectivity index (χ4n) is 1.62. The van der Waals surface area contributed by atoms with E-state index in [-0.39, 0.29) is 24.4 Å². The molecule has 1 aromatic rings. The van der Waals surface area contributed by atoms with Crippen LogP contribution < -0.4 is 10.6 Å². The van der Waals surface area contributed by atoms with Crippen molar-refractivity contribution in [2.24, 2.45) is 0 Å². The van der Waals surface area contributed by atoms with Crippen molar-refractivity contribution in [2.45, 2.75) is 26.3 Å². The van der Waals surface area contributed by atoms with Crippen molar-refractivity contribution in [3.8, 4) is 0 Å². The van der Waals surface area contributed by atoms with E-state index in [1.807, 2.05) is 13.8 Å². The van der Waals surface area contributed by atoms with Gasteiger partial charge in [0.25, 0.3) is 5.91 Å². The highest BCUT2D eigenvalue weighted by Gasteiger charge is 2.14. The zero-order chi connectivity index (χ0) is 16.0. The highest BCUT2D eigenvalue weighted by Crippen LogP contribution is 2.21. The maximum atomic E-state index is 12.0. The van der Waals surface area contributed by atoms with Gasteiger partial charge in [0.05, 0.1) is 17.1 Å². The first kappa shape index (κ1) is 17.5. The van der Waals surface area contributed by atoms with Crippen molar-refractivity contribution >= 4 is 29.1 Å². The molecular weight excluding hydrogens is 290 g/mol. The number of anilines is 1. The molecule has 1 aromatic carbocycles. The minimum atomic E-state index is -0.200. The fraction of sp³-hybridized carbons (Fsp3) is 0.467. The molecule has 0 radical (unpaired) electrons. The average Bonchev–Trinajstić information content (AvgIpc) is 2.45. The van der Waals surface area contributed by atoms with Gasteiger partial charge in [-0.1, -0.05) is 18.5 Å². The van der Waals surface area contributed by atoms with Gasteiger partial charge in [0, 0.05) is 25.8 Å². The molecule has 116 valence electrons. The van der Waals surface area contributed by atoms with Crippen molar-refractivity contribution in [2.75, 3.05) is 26.0 Å². The smallest absolute Gasteiger partial charge is 0.254 e. The number of amides is 2. The van der Waals surface area contributed by atoms with Crippen LogP contribution in [0.3, 0.4) is 0 Å². The summed E-state index contributed by atoms with van der Waals surface area (Å²) in [6, 6.07) is 5.16. The molecule has 21 heavy (non-hydrogen) atoms. The Hall–Kier alpha value is -1.59. The third-order valence-electron chi connectivity index (χ3n) is 3.11. The van der Waals surface area contributed by atoms with Gasteiger partial charge < -0.3 is 15.5 Å². The van der Waals surface area contributed by atoms with Crippen molar-refractivity contribution in [1.29, 1.82) is 0 Å². The number of hydrogen-bond donors (Lipinski definition) is 2. The van der Waals surface area contributed by atoms with Crippen LogP contribution in [-0.2, 0) is 4.79 Å². The molecule has 1 rings (SSSR count). The van der Waals surface area contributed by atoms with E-state index in [1.165, 1.54) is 4.90 Å². The number of carbonyl (C=O) groups is 2. The zero-order valence-electron chi connectivity index (χ0n) is 12.9. The van der Waals surface area contributed by atoms with Gasteiger partial charge >= 0.3 is 0 Å². The normalized spacial score (nSPS) is 11.9. The molecule has 0 saturated heterocycles. The Bertz CT molecular complexity index is 518. The molecule has 0 aliphatic heterocycles. The van der Waals surface area contributed by atoms with E-state index >= 15 is 0 Å². The number of nitrogens with zero attached hydrogens (tertiary/aromatic N) is 1. The minimum Gasteiger partial charge on any atom is -0.345 e. The number of halogens is 1. The number of hydrogen-bond acceptors (Lipinski definition) is 3. The second-order valence-corrected chi connectivity index (χ2v) is 5.54. The predicted molar refractivity (Wildman–Crippen MR) is 85.9 cm³/mol. The molecule has 2 N–H and O–H groups in total. The second kappa shape index (κ2) is 8.00.